The van der Waals surface area contributed by atoms with E-state index in [1.807, 2.05) is 12.3 Å². The lowest BCUT2D eigenvalue weighted by atomic mass is 10.1. The van der Waals surface area contributed by atoms with Gasteiger partial charge in [-0.15, -0.1) is 0 Å². The Hall–Kier alpha value is -1.01. The molecule has 1 aliphatic carbocycles. The van der Waals surface area contributed by atoms with E-state index >= 15 is 0 Å². The van der Waals surface area contributed by atoms with Crippen LogP contribution in [0.15, 0.2) is 11.2 Å². The van der Waals surface area contributed by atoms with Crippen LogP contribution in [0.5, 0.6) is 0 Å². The number of anilines is 2. The number of nitrogens with zero attached hydrogens (tertiary/aromatic N) is 2. The van der Waals surface area contributed by atoms with Crippen molar-refractivity contribution < 1.29 is 0 Å². The van der Waals surface area contributed by atoms with Crippen LogP contribution in [0.2, 0.25) is 0 Å². The van der Waals surface area contributed by atoms with Gasteiger partial charge in [0, 0.05) is 12.6 Å². The minimum absolute atomic E-state index is 0.650. The van der Waals surface area contributed by atoms with Gasteiger partial charge in [0.15, 0.2) is 5.16 Å². The standard InChI is InChI=1S/C12H21N5S/c1-8-3-4-9(5-8)7-14-10-6-11(17-13)16-12(15-10)18-2/h6,8-9H,3-5,7,13H2,1-2H3,(H2,14,15,16,17). The molecule has 1 aromatic heterocycles. The van der Waals surface area contributed by atoms with E-state index in [2.05, 4.69) is 27.6 Å². The second-order valence-electron chi connectivity index (χ2n) is 4.93. The predicted molar refractivity (Wildman–Crippen MR) is 76.6 cm³/mol. The van der Waals surface area contributed by atoms with Crippen LogP contribution in [0.4, 0.5) is 11.6 Å². The molecule has 1 saturated carbocycles. The topological polar surface area (TPSA) is 75.9 Å². The Morgan fingerprint density at radius 3 is 2.78 bits per heavy atom. The van der Waals surface area contributed by atoms with Crippen molar-refractivity contribution in [2.24, 2.45) is 17.7 Å². The summed E-state index contributed by atoms with van der Waals surface area (Å²) in [6.45, 7) is 3.31. The van der Waals surface area contributed by atoms with E-state index in [0.717, 1.165) is 29.4 Å². The Balaban J connectivity index is 1.95. The lowest BCUT2D eigenvalue weighted by molar-refractivity contribution is 0.536. The summed E-state index contributed by atoms with van der Waals surface area (Å²) in [6, 6.07) is 1.85. The number of rotatable bonds is 5. The quantitative estimate of drug-likeness (QED) is 0.329. The van der Waals surface area contributed by atoms with Crippen LogP contribution in [-0.4, -0.2) is 22.8 Å². The van der Waals surface area contributed by atoms with Crippen LogP contribution in [0.3, 0.4) is 0 Å². The number of nitrogen functional groups attached to an aromatic ring is 1. The number of nitrogens with one attached hydrogen (secondary N) is 2. The number of nitrogens with two attached hydrogens (primary N) is 1. The van der Waals surface area contributed by atoms with Crippen molar-refractivity contribution in [3.05, 3.63) is 6.07 Å². The summed E-state index contributed by atoms with van der Waals surface area (Å²) >= 11 is 1.51. The van der Waals surface area contributed by atoms with Crippen LogP contribution in [0.1, 0.15) is 26.2 Å². The smallest absolute Gasteiger partial charge is 0.191 e. The second kappa shape index (κ2) is 6.24. The molecule has 18 heavy (non-hydrogen) atoms. The molecule has 0 saturated heterocycles. The van der Waals surface area contributed by atoms with Crippen molar-refractivity contribution in [1.82, 2.24) is 9.97 Å². The summed E-state index contributed by atoms with van der Waals surface area (Å²) < 4.78 is 0. The van der Waals surface area contributed by atoms with Crippen LogP contribution < -0.4 is 16.6 Å². The van der Waals surface area contributed by atoms with E-state index in [1.165, 1.54) is 31.0 Å². The van der Waals surface area contributed by atoms with Gasteiger partial charge in [-0.05, 0) is 30.9 Å². The van der Waals surface area contributed by atoms with Gasteiger partial charge in [0.1, 0.15) is 11.6 Å². The molecule has 0 spiro atoms. The minimum Gasteiger partial charge on any atom is -0.370 e. The summed E-state index contributed by atoms with van der Waals surface area (Å²) in [5, 5.41) is 4.13. The average Bonchev–Trinajstić information content (AvgIpc) is 2.81. The molecule has 2 unspecified atom stereocenters. The molecule has 0 aromatic carbocycles. The third-order valence-electron chi connectivity index (χ3n) is 3.41. The number of hydrogen-bond acceptors (Lipinski definition) is 6. The van der Waals surface area contributed by atoms with Gasteiger partial charge in [-0.3, -0.25) is 0 Å². The molecule has 6 heteroatoms. The zero-order chi connectivity index (χ0) is 13.0. The molecule has 0 amide bonds. The molecule has 1 aromatic rings. The highest BCUT2D eigenvalue weighted by Gasteiger charge is 2.21. The lowest BCUT2D eigenvalue weighted by Gasteiger charge is -2.12. The van der Waals surface area contributed by atoms with Crippen molar-refractivity contribution in [2.45, 2.75) is 31.3 Å². The number of hydrazine groups is 1. The molecule has 1 aliphatic rings. The molecule has 0 radical (unpaired) electrons. The van der Waals surface area contributed by atoms with E-state index in [1.54, 1.807) is 0 Å². The van der Waals surface area contributed by atoms with Gasteiger partial charge in [0.2, 0.25) is 0 Å². The van der Waals surface area contributed by atoms with Crippen LogP contribution in [0, 0.1) is 11.8 Å². The third-order valence-corrected chi connectivity index (χ3v) is 3.96. The molecule has 100 valence electrons. The van der Waals surface area contributed by atoms with Crippen molar-refractivity contribution >= 4 is 23.4 Å². The second-order valence-corrected chi connectivity index (χ2v) is 5.71. The zero-order valence-electron chi connectivity index (χ0n) is 10.9. The molecular weight excluding hydrogens is 246 g/mol. The predicted octanol–water partition coefficient (Wildman–Crippen LogP) is 2.33. The first-order valence-electron chi connectivity index (χ1n) is 6.34. The van der Waals surface area contributed by atoms with E-state index in [4.69, 9.17) is 5.84 Å². The number of hydrogen-bond donors (Lipinski definition) is 3. The first-order chi connectivity index (χ1) is 8.71. The van der Waals surface area contributed by atoms with Gasteiger partial charge in [0.05, 0.1) is 0 Å². The summed E-state index contributed by atoms with van der Waals surface area (Å²) in [5.41, 5.74) is 2.57. The van der Waals surface area contributed by atoms with Gasteiger partial charge >= 0.3 is 0 Å². The fourth-order valence-electron chi connectivity index (χ4n) is 2.44. The fourth-order valence-corrected chi connectivity index (χ4v) is 2.82. The average molecular weight is 267 g/mol. The van der Waals surface area contributed by atoms with Crippen LogP contribution in [0.25, 0.3) is 0 Å². The van der Waals surface area contributed by atoms with Gasteiger partial charge in [-0.25, -0.2) is 15.8 Å². The molecular formula is C12H21N5S. The molecule has 1 fully saturated rings. The molecule has 5 nitrogen and oxygen atoms in total. The Bertz CT molecular complexity index is 376. The normalized spacial score (nSPS) is 23.1. The summed E-state index contributed by atoms with van der Waals surface area (Å²) in [4.78, 5) is 8.66. The highest BCUT2D eigenvalue weighted by atomic mass is 32.2. The lowest BCUT2D eigenvalue weighted by Crippen LogP contribution is -2.14. The highest BCUT2D eigenvalue weighted by Crippen LogP contribution is 2.30. The van der Waals surface area contributed by atoms with Gasteiger partial charge in [0.25, 0.3) is 0 Å². The van der Waals surface area contributed by atoms with E-state index in [0.29, 0.717) is 5.82 Å². The molecule has 4 N–H and O–H groups in total. The van der Waals surface area contributed by atoms with Gasteiger partial charge in [-0.2, -0.15) is 0 Å². The Labute approximate surface area is 112 Å². The molecule has 2 rings (SSSR count). The largest absolute Gasteiger partial charge is 0.370 e. The van der Waals surface area contributed by atoms with Crippen molar-refractivity contribution in [3.63, 3.8) is 0 Å². The number of aromatic nitrogens is 2. The Morgan fingerprint density at radius 1 is 1.39 bits per heavy atom. The monoisotopic (exact) mass is 267 g/mol. The van der Waals surface area contributed by atoms with Crippen molar-refractivity contribution in [3.8, 4) is 0 Å². The van der Waals surface area contributed by atoms with E-state index in [-0.39, 0.29) is 0 Å². The van der Waals surface area contributed by atoms with Crippen LogP contribution in [-0.2, 0) is 0 Å². The fraction of sp³-hybridized carbons (Fsp3) is 0.667. The van der Waals surface area contributed by atoms with Gasteiger partial charge in [-0.1, -0.05) is 25.1 Å². The zero-order valence-corrected chi connectivity index (χ0v) is 11.8. The van der Waals surface area contributed by atoms with Crippen molar-refractivity contribution in [1.29, 1.82) is 0 Å². The first-order valence-corrected chi connectivity index (χ1v) is 7.57. The molecule has 0 aliphatic heterocycles. The summed E-state index contributed by atoms with van der Waals surface area (Å²) in [7, 11) is 0. The van der Waals surface area contributed by atoms with Gasteiger partial charge < -0.3 is 10.7 Å². The highest BCUT2D eigenvalue weighted by molar-refractivity contribution is 7.98. The van der Waals surface area contributed by atoms with Crippen molar-refractivity contribution in [2.75, 3.05) is 23.5 Å². The van der Waals surface area contributed by atoms with E-state index < -0.39 is 0 Å². The maximum atomic E-state index is 5.40. The minimum atomic E-state index is 0.650. The SMILES string of the molecule is CSc1nc(NN)cc(NCC2CCC(C)C2)n1. The molecule has 2 atom stereocenters. The maximum Gasteiger partial charge on any atom is 0.191 e. The first kappa shape index (κ1) is 13.4. The Kier molecular flexibility index (Phi) is 4.66. The maximum absolute atomic E-state index is 5.40. The summed E-state index contributed by atoms with van der Waals surface area (Å²) in [5.74, 6) is 8.53. The number of thioether (sulfide) groups is 1. The molecule has 1 heterocycles. The third kappa shape index (κ3) is 3.49. The molecule has 0 bridgehead atoms. The van der Waals surface area contributed by atoms with Crippen LogP contribution >= 0.6 is 11.8 Å². The summed E-state index contributed by atoms with van der Waals surface area (Å²) in [6.07, 6.45) is 5.94. The Morgan fingerprint density at radius 2 is 2.17 bits per heavy atom. The van der Waals surface area contributed by atoms with E-state index in [9.17, 15) is 0 Å².